The summed E-state index contributed by atoms with van der Waals surface area (Å²) in [5.41, 5.74) is 0.168. The number of hydrogen-bond acceptors (Lipinski definition) is 5. The average molecular weight is 332 g/mol. The zero-order valence-electron chi connectivity index (χ0n) is 15.3. The van der Waals surface area contributed by atoms with E-state index in [4.69, 9.17) is 14.0 Å². The molecule has 0 spiro atoms. The fourth-order valence-electron chi connectivity index (χ4n) is 2.42. The molecule has 2 aliphatic rings. The van der Waals surface area contributed by atoms with Crippen molar-refractivity contribution >= 4 is 18.5 Å². The molecule has 1 aromatic heterocycles. The van der Waals surface area contributed by atoms with E-state index in [0.717, 1.165) is 18.3 Å². The molecule has 3 rings (SSSR count). The predicted octanol–water partition coefficient (Wildman–Crippen LogP) is 1.62. The van der Waals surface area contributed by atoms with E-state index in [0.29, 0.717) is 11.4 Å². The highest BCUT2D eigenvalue weighted by molar-refractivity contribution is 6.63. The minimum Gasteiger partial charge on any atom is -0.489 e. The molecule has 0 radical (unpaired) electrons. The van der Waals surface area contributed by atoms with Crippen LogP contribution in [0.4, 0.5) is 0 Å². The fourth-order valence-corrected chi connectivity index (χ4v) is 2.42. The Morgan fingerprint density at radius 2 is 1.83 bits per heavy atom. The maximum atomic E-state index is 12.3. The Hall–Kier alpha value is -1.60. The SMILES string of the molecule is CN(C)C(=O)c1cc(B2OC(C)(C)C(C)(C)O2)c(OC2CC2)cn1. The number of ether oxygens (including phenoxy) is 1. The molecule has 2 heterocycles. The Morgan fingerprint density at radius 1 is 1.25 bits per heavy atom. The quantitative estimate of drug-likeness (QED) is 0.784. The number of carbonyl (C=O) groups excluding carboxylic acids is 1. The highest BCUT2D eigenvalue weighted by atomic mass is 16.7. The normalized spacial score (nSPS) is 21.7. The third-order valence-electron chi connectivity index (χ3n) is 4.85. The van der Waals surface area contributed by atoms with Gasteiger partial charge in [-0.15, -0.1) is 0 Å². The van der Waals surface area contributed by atoms with Gasteiger partial charge in [0.25, 0.3) is 5.91 Å². The standard InChI is InChI=1S/C17H25BN2O4/c1-16(2)17(3,4)24-18(23-16)12-9-13(15(21)20(5)6)19-10-14(12)22-11-7-8-11/h9-11H,7-8H2,1-6H3. The van der Waals surface area contributed by atoms with E-state index in [1.807, 2.05) is 27.7 Å². The molecular formula is C17H25BN2O4. The van der Waals surface area contributed by atoms with Gasteiger partial charge in [-0.25, -0.2) is 4.98 Å². The molecule has 1 aliphatic carbocycles. The second-order valence-electron chi connectivity index (χ2n) is 7.71. The molecule has 130 valence electrons. The molecule has 1 aromatic rings. The number of pyridine rings is 1. The Kier molecular flexibility index (Phi) is 4.12. The van der Waals surface area contributed by atoms with Crippen LogP contribution in [0.5, 0.6) is 5.75 Å². The first-order valence-corrected chi connectivity index (χ1v) is 8.34. The van der Waals surface area contributed by atoms with Crippen molar-refractivity contribution in [3.05, 3.63) is 18.0 Å². The molecule has 7 heteroatoms. The van der Waals surface area contributed by atoms with Crippen molar-refractivity contribution in [2.24, 2.45) is 0 Å². The Morgan fingerprint density at radius 3 is 2.33 bits per heavy atom. The van der Waals surface area contributed by atoms with Crippen LogP contribution in [0, 0.1) is 0 Å². The maximum Gasteiger partial charge on any atom is 0.498 e. The highest BCUT2D eigenvalue weighted by Crippen LogP contribution is 2.37. The molecule has 24 heavy (non-hydrogen) atoms. The Labute approximate surface area is 143 Å². The van der Waals surface area contributed by atoms with E-state index in [9.17, 15) is 4.79 Å². The second-order valence-corrected chi connectivity index (χ2v) is 7.71. The van der Waals surface area contributed by atoms with Gasteiger partial charge in [-0.3, -0.25) is 4.79 Å². The number of amides is 1. The number of aromatic nitrogens is 1. The van der Waals surface area contributed by atoms with Crippen LogP contribution < -0.4 is 10.2 Å². The molecule has 0 N–H and O–H groups in total. The molecule has 2 fully saturated rings. The van der Waals surface area contributed by atoms with E-state index in [1.165, 1.54) is 4.90 Å². The zero-order valence-corrected chi connectivity index (χ0v) is 15.3. The van der Waals surface area contributed by atoms with Crippen molar-refractivity contribution in [3.8, 4) is 5.75 Å². The van der Waals surface area contributed by atoms with Gasteiger partial charge in [0.05, 0.1) is 23.5 Å². The lowest BCUT2D eigenvalue weighted by Gasteiger charge is -2.32. The van der Waals surface area contributed by atoms with Crippen molar-refractivity contribution in [2.45, 2.75) is 57.8 Å². The van der Waals surface area contributed by atoms with E-state index >= 15 is 0 Å². The molecule has 0 unspecified atom stereocenters. The number of rotatable bonds is 4. The first-order valence-electron chi connectivity index (χ1n) is 8.34. The largest absolute Gasteiger partial charge is 0.498 e. The summed E-state index contributed by atoms with van der Waals surface area (Å²) in [5, 5.41) is 0. The third kappa shape index (κ3) is 3.15. The van der Waals surface area contributed by atoms with Gasteiger partial charge in [0, 0.05) is 19.6 Å². The fraction of sp³-hybridized carbons (Fsp3) is 0.647. The Bertz CT molecular complexity index is 640. The van der Waals surface area contributed by atoms with Gasteiger partial charge in [0.1, 0.15) is 11.4 Å². The van der Waals surface area contributed by atoms with Gasteiger partial charge < -0.3 is 18.9 Å². The van der Waals surface area contributed by atoms with Crippen molar-refractivity contribution < 1.29 is 18.8 Å². The van der Waals surface area contributed by atoms with Crippen LogP contribution in [0.15, 0.2) is 12.3 Å². The molecule has 1 aliphatic heterocycles. The van der Waals surface area contributed by atoms with Gasteiger partial charge in [0.15, 0.2) is 0 Å². The molecule has 6 nitrogen and oxygen atoms in total. The summed E-state index contributed by atoms with van der Waals surface area (Å²) in [6, 6.07) is 1.72. The lowest BCUT2D eigenvalue weighted by Crippen LogP contribution is -2.41. The predicted molar refractivity (Wildman–Crippen MR) is 91.6 cm³/mol. The average Bonchev–Trinajstić information content (AvgIpc) is 3.25. The van der Waals surface area contributed by atoms with Crippen LogP contribution in [0.25, 0.3) is 0 Å². The van der Waals surface area contributed by atoms with Gasteiger partial charge in [-0.1, -0.05) is 0 Å². The second kappa shape index (κ2) is 5.74. The minimum absolute atomic E-state index is 0.161. The molecule has 1 saturated heterocycles. The van der Waals surface area contributed by atoms with E-state index in [-0.39, 0.29) is 12.0 Å². The summed E-state index contributed by atoms with van der Waals surface area (Å²) >= 11 is 0. The Balaban J connectivity index is 1.97. The van der Waals surface area contributed by atoms with Crippen LogP contribution >= 0.6 is 0 Å². The van der Waals surface area contributed by atoms with Crippen LogP contribution in [0.3, 0.4) is 0 Å². The van der Waals surface area contributed by atoms with Crippen molar-refractivity contribution in [1.29, 1.82) is 0 Å². The summed E-state index contributed by atoms with van der Waals surface area (Å²) in [7, 11) is 2.82. The van der Waals surface area contributed by atoms with Crippen molar-refractivity contribution in [1.82, 2.24) is 9.88 Å². The van der Waals surface area contributed by atoms with Crippen LogP contribution in [-0.4, -0.2) is 54.3 Å². The summed E-state index contributed by atoms with van der Waals surface area (Å²) in [6.07, 6.45) is 3.92. The van der Waals surface area contributed by atoms with E-state index in [1.54, 1.807) is 26.4 Å². The minimum atomic E-state index is -0.583. The van der Waals surface area contributed by atoms with Gasteiger partial charge in [0.2, 0.25) is 0 Å². The third-order valence-corrected chi connectivity index (χ3v) is 4.85. The van der Waals surface area contributed by atoms with Gasteiger partial charge in [-0.05, 0) is 46.6 Å². The molecule has 1 saturated carbocycles. The smallest absolute Gasteiger partial charge is 0.489 e. The maximum absolute atomic E-state index is 12.3. The molecular weight excluding hydrogens is 307 g/mol. The monoisotopic (exact) mass is 332 g/mol. The first-order chi connectivity index (χ1) is 11.1. The zero-order chi connectivity index (χ0) is 17.7. The molecule has 1 amide bonds. The van der Waals surface area contributed by atoms with E-state index < -0.39 is 18.3 Å². The molecule has 0 bridgehead atoms. The summed E-state index contributed by atoms with van der Waals surface area (Å²) < 4.78 is 18.2. The van der Waals surface area contributed by atoms with Crippen LogP contribution in [0.2, 0.25) is 0 Å². The van der Waals surface area contributed by atoms with E-state index in [2.05, 4.69) is 4.98 Å². The topological polar surface area (TPSA) is 60.9 Å². The lowest BCUT2D eigenvalue weighted by atomic mass is 9.78. The number of carbonyl (C=O) groups is 1. The lowest BCUT2D eigenvalue weighted by molar-refractivity contribution is 0.00578. The summed E-state index contributed by atoms with van der Waals surface area (Å²) in [4.78, 5) is 18.0. The van der Waals surface area contributed by atoms with Crippen molar-refractivity contribution in [2.75, 3.05) is 14.1 Å². The molecule has 0 aromatic carbocycles. The number of nitrogens with zero attached hydrogens (tertiary/aromatic N) is 2. The highest BCUT2D eigenvalue weighted by Gasteiger charge is 2.52. The van der Waals surface area contributed by atoms with Crippen molar-refractivity contribution in [3.63, 3.8) is 0 Å². The summed E-state index contributed by atoms with van der Waals surface area (Å²) in [5.74, 6) is 0.469. The summed E-state index contributed by atoms with van der Waals surface area (Å²) in [6.45, 7) is 8.01. The van der Waals surface area contributed by atoms with Gasteiger partial charge >= 0.3 is 7.12 Å². The first kappa shape index (κ1) is 17.2. The molecule has 0 atom stereocenters. The van der Waals surface area contributed by atoms with Gasteiger partial charge in [-0.2, -0.15) is 0 Å². The number of hydrogen-bond donors (Lipinski definition) is 0. The van der Waals surface area contributed by atoms with Crippen LogP contribution in [-0.2, 0) is 9.31 Å². The van der Waals surface area contributed by atoms with Crippen LogP contribution in [0.1, 0.15) is 51.0 Å².